The zero-order valence-electron chi connectivity index (χ0n) is 11.0. The molecule has 1 aromatic carbocycles. The molecule has 2 N–H and O–H groups in total. The van der Waals surface area contributed by atoms with E-state index >= 15 is 0 Å². The van der Waals surface area contributed by atoms with Crippen LogP contribution in [0.1, 0.15) is 25.3 Å². The summed E-state index contributed by atoms with van der Waals surface area (Å²) in [6.45, 7) is 2.25. The SMILES string of the molecule is CC(=O)Nc1ccc(/C=C/C(=O)NCC2CC2)cc1. The fraction of sp³-hybridized carbons (Fsp3) is 0.333. The molecule has 4 nitrogen and oxygen atoms in total. The zero-order chi connectivity index (χ0) is 13.7. The lowest BCUT2D eigenvalue weighted by atomic mass is 10.2. The Balaban J connectivity index is 1.83. The maximum absolute atomic E-state index is 11.5. The molecule has 0 spiro atoms. The highest BCUT2D eigenvalue weighted by atomic mass is 16.2. The van der Waals surface area contributed by atoms with Crippen molar-refractivity contribution in [3.8, 4) is 0 Å². The van der Waals surface area contributed by atoms with Crippen LogP contribution in [0.5, 0.6) is 0 Å². The van der Waals surface area contributed by atoms with Gasteiger partial charge in [0.1, 0.15) is 0 Å². The van der Waals surface area contributed by atoms with Gasteiger partial charge in [-0.1, -0.05) is 12.1 Å². The predicted octanol–water partition coefficient (Wildman–Crippen LogP) is 2.18. The Kier molecular flexibility index (Phi) is 4.34. The molecule has 0 aromatic heterocycles. The highest BCUT2D eigenvalue weighted by Gasteiger charge is 2.20. The van der Waals surface area contributed by atoms with Gasteiger partial charge in [-0.3, -0.25) is 9.59 Å². The number of carbonyl (C=O) groups excluding carboxylic acids is 2. The molecule has 0 aliphatic heterocycles. The first kappa shape index (κ1) is 13.3. The van der Waals surface area contributed by atoms with Gasteiger partial charge in [-0.15, -0.1) is 0 Å². The minimum absolute atomic E-state index is 0.0576. The van der Waals surface area contributed by atoms with Gasteiger partial charge in [-0.2, -0.15) is 0 Å². The molecule has 4 heteroatoms. The number of rotatable bonds is 5. The van der Waals surface area contributed by atoms with E-state index in [2.05, 4.69) is 10.6 Å². The molecule has 1 aliphatic carbocycles. The van der Waals surface area contributed by atoms with Gasteiger partial charge in [0.15, 0.2) is 0 Å². The number of amides is 2. The number of nitrogens with one attached hydrogen (secondary N) is 2. The monoisotopic (exact) mass is 258 g/mol. The molecule has 2 rings (SSSR count). The van der Waals surface area contributed by atoms with Gasteiger partial charge >= 0.3 is 0 Å². The lowest BCUT2D eigenvalue weighted by molar-refractivity contribution is -0.116. The van der Waals surface area contributed by atoms with E-state index in [1.54, 1.807) is 6.08 Å². The number of hydrogen-bond acceptors (Lipinski definition) is 2. The van der Waals surface area contributed by atoms with E-state index in [1.807, 2.05) is 24.3 Å². The van der Waals surface area contributed by atoms with Crippen LogP contribution in [-0.2, 0) is 9.59 Å². The second-order valence-electron chi connectivity index (χ2n) is 4.83. The molecule has 0 radical (unpaired) electrons. The third kappa shape index (κ3) is 4.95. The number of benzene rings is 1. The summed E-state index contributed by atoms with van der Waals surface area (Å²) in [7, 11) is 0. The van der Waals surface area contributed by atoms with Gasteiger partial charge < -0.3 is 10.6 Å². The van der Waals surface area contributed by atoms with Crippen molar-refractivity contribution >= 4 is 23.6 Å². The van der Waals surface area contributed by atoms with E-state index in [0.717, 1.165) is 17.8 Å². The van der Waals surface area contributed by atoms with Gasteiger partial charge in [0.25, 0.3) is 0 Å². The Bertz CT molecular complexity index is 487. The third-order valence-electron chi connectivity index (χ3n) is 2.92. The van der Waals surface area contributed by atoms with Gasteiger partial charge in [0.2, 0.25) is 11.8 Å². The molecule has 1 saturated carbocycles. The van der Waals surface area contributed by atoms with Crippen LogP contribution >= 0.6 is 0 Å². The minimum Gasteiger partial charge on any atom is -0.352 e. The van der Waals surface area contributed by atoms with Crippen molar-refractivity contribution < 1.29 is 9.59 Å². The van der Waals surface area contributed by atoms with Gasteiger partial charge in [-0.05, 0) is 42.5 Å². The summed E-state index contributed by atoms with van der Waals surface area (Å²) >= 11 is 0. The van der Waals surface area contributed by atoms with E-state index in [4.69, 9.17) is 0 Å². The van der Waals surface area contributed by atoms with Crippen molar-refractivity contribution in [1.29, 1.82) is 0 Å². The normalized spacial score (nSPS) is 14.4. The topological polar surface area (TPSA) is 58.2 Å². The Labute approximate surface area is 112 Å². The minimum atomic E-state index is -0.0947. The van der Waals surface area contributed by atoms with E-state index in [9.17, 15) is 9.59 Å². The smallest absolute Gasteiger partial charge is 0.244 e. The average Bonchev–Trinajstić information content (AvgIpc) is 3.19. The van der Waals surface area contributed by atoms with Gasteiger partial charge in [-0.25, -0.2) is 0 Å². The van der Waals surface area contributed by atoms with Crippen LogP contribution in [0.3, 0.4) is 0 Å². The van der Waals surface area contributed by atoms with Gasteiger partial charge in [0, 0.05) is 25.2 Å². The van der Waals surface area contributed by atoms with Crippen LogP contribution in [0.25, 0.3) is 6.08 Å². The first-order chi connectivity index (χ1) is 9.13. The second-order valence-corrected chi connectivity index (χ2v) is 4.83. The van der Waals surface area contributed by atoms with E-state index in [1.165, 1.54) is 25.8 Å². The first-order valence-corrected chi connectivity index (χ1v) is 6.47. The molecule has 0 atom stereocenters. The maximum Gasteiger partial charge on any atom is 0.244 e. The second kappa shape index (κ2) is 6.18. The highest BCUT2D eigenvalue weighted by molar-refractivity contribution is 5.92. The fourth-order valence-electron chi connectivity index (χ4n) is 1.68. The van der Waals surface area contributed by atoms with Crippen LogP contribution in [0.15, 0.2) is 30.3 Å². The third-order valence-corrected chi connectivity index (χ3v) is 2.92. The molecule has 19 heavy (non-hydrogen) atoms. The zero-order valence-corrected chi connectivity index (χ0v) is 11.0. The number of anilines is 1. The number of carbonyl (C=O) groups is 2. The Morgan fingerprint density at radius 3 is 2.53 bits per heavy atom. The van der Waals surface area contributed by atoms with Crippen molar-refractivity contribution in [2.75, 3.05) is 11.9 Å². The quantitative estimate of drug-likeness (QED) is 0.795. The molecule has 100 valence electrons. The molecule has 0 heterocycles. The van der Waals surface area contributed by atoms with E-state index in [-0.39, 0.29) is 11.8 Å². The Morgan fingerprint density at radius 1 is 1.26 bits per heavy atom. The van der Waals surface area contributed by atoms with Crippen LogP contribution in [0.4, 0.5) is 5.69 Å². The van der Waals surface area contributed by atoms with Crippen molar-refractivity contribution in [2.45, 2.75) is 19.8 Å². The van der Waals surface area contributed by atoms with Crippen molar-refractivity contribution in [3.05, 3.63) is 35.9 Å². The van der Waals surface area contributed by atoms with Gasteiger partial charge in [0.05, 0.1) is 0 Å². The van der Waals surface area contributed by atoms with Crippen LogP contribution in [0, 0.1) is 5.92 Å². The summed E-state index contributed by atoms with van der Waals surface area (Å²) in [5, 5.41) is 5.56. The highest BCUT2D eigenvalue weighted by Crippen LogP contribution is 2.27. The molecule has 0 saturated heterocycles. The Morgan fingerprint density at radius 2 is 1.95 bits per heavy atom. The molecule has 0 bridgehead atoms. The standard InChI is InChI=1S/C15H18N2O2/c1-11(18)17-14-7-4-12(5-8-14)6-9-15(19)16-10-13-2-3-13/h4-9,13H,2-3,10H2,1H3,(H,16,19)(H,17,18)/b9-6+. The fourth-order valence-corrected chi connectivity index (χ4v) is 1.68. The van der Waals surface area contributed by atoms with Crippen molar-refractivity contribution in [2.24, 2.45) is 5.92 Å². The largest absolute Gasteiger partial charge is 0.352 e. The predicted molar refractivity (Wildman–Crippen MR) is 75.5 cm³/mol. The summed E-state index contributed by atoms with van der Waals surface area (Å²) in [6, 6.07) is 7.33. The lowest BCUT2D eigenvalue weighted by Crippen LogP contribution is -2.23. The lowest BCUT2D eigenvalue weighted by Gasteiger charge is -2.02. The summed E-state index contributed by atoms with van der Waals surface area (Å²) in [5.74, 6) is 0.537. The summed E-state index contributed by atoms with van der Waals surface area (Å²) in [5.41, 5.74) is 1.68. The Hall–Kier alpha value is -2.10. The van der Waals surface area contributed by atoms with E-state index in [0.29, 0.717) is 5.92 Å². The van der Waals surface area contributed by atoms with Crippen LogP contribution < -0.4 is 10.6 Å². The molecule has 2 amide bonds. The molecule has 1 aliphatic rings. The summed E-state index contributed by atoms with van der Waals surface area (Å²) in [4.78, 5) is 22.4. The molecular weight excluding hydrogens is 240 g/mol. The summed E-state index contributed by atoms with van der Waals surface area (Å²) in [6.07, 6.45) is 5.76. The molecule has 1 fully saturated rings. The summed E-state index contributed by atoms with van der Waals surface area (Å²) < 4.78 is 0. The van der Waals surface area contributed by atoms with Crippen LogP contribution in [0.2, 0.25) is 0 Å². The first-order valence-electron chi connectivity index (χ1n) is 6.47. The maximum atomic E-state index is 11.5. The molecule has 0 unspecified atom stereocenters. The van der Waals surface area contributed by atoms with Crippen LogP contribution in [-0.4, -0.2) is 18.4 Å². The van der Waals surface area contributed by atoms with Crippen molar-refractivity contribution in [3.63, 3.8) is 0 Å². The van der Waals surface area contributed by atoms with Crippen molar-refractivity contribution in [1.82, 2.24) is 5.32 Å². The van der Waals surface area contributed by atoms with E-state index < -0.39 is 0 Å². The molecular formula is C15H18N2O2. The average molecular weight is 258 g/mol. The number of hydrogen-bond donors (Lipinski definition) is 2. The molecule has 1 aromatic rings.